The number of rotatable bonds is 5. The first-order chi connectivity index (χ1) is 11.6. The molecule has 1 N–H and O–H groups in total. The molecule has 2 aromatic rings. The number of nitrogens with one attached hydrogen (secondary N) is 1. The van der Waals surface area contributed by atoms with Gasteiger partial charge in [-0.1, -0.05) is 12.1 Å². The number of benzene rings is 2. The number of carbonyl (C=O) groups is 1. The third-order valence-electron chi connectivity index (χ3n) is 3.71. The van der Waals surface area contributed by atoms with Crippen LogP contribution in [-0.4, -0.2) is 25.5 Å². The largest absolute Gasteiger partial charge is 0.483 e. The molecule has 0 saturated heterocycles. The first kappa shape index (κ1) is 15.9. The summed E-state index contributed by atoms with van der Waals surface area (Å²) in [6, 6.07) is 11.2. The van der Waals surface area contributed by atoms with Gasteiger partial charge in [0.05, 0.1) is 6.21 Å². The Morgan fingerprint density at radius 2 is 2.08 bits per heavy atom. The molecule has 0 spiro atoms. The van der Waals surface area contributed by atoms with Gasteiger partial charge in [-0.05, 0) is 54.8 Å². The Bertz CT molecular complexity index is 787. The highest BCUT2D eigenvalue weighted by Gasteiger charge is 2.12. The van der Waals surface area contributed by atoms with E-state index in [1.807, 2.05) is 38.1 Å². The monoisotopic (exact) mass is 326 g/mol. The molecule has 0 atom stereocenters. The van der Waals surface area contributed by atoms with Crippen LogP contribution in [0.4, 0.5) is 0 Å². The summed E-state index contributed by atoms with van der Waals surface area (Å²) in [5, 5.41) is 3.92. The Morgan fingerprint density at radius 3 is 2.96 bits per heavy atom. The second-order valence-electron chi connectivity index (χ2n) is 5.39. The number of hydrogen-bond donors (Lipinski definition) is 1. The number of hydrazone groups is 1. The van der Waals surface area contributed by atoms with Gasteiger partial charge in [-0.15, -0.1) is 0 Å². The molecule has 0 unspecified atom stereocenters. The molecule has 2 aromatic carbocycles. The summed E-state index contributed by atoms with van der Waals surface area (Å²) in [4.78, 5) is 11.8. The van der Waals surface area contributed by atoms with Crippen LogP contribution < -0.4 is 19.6 Å². The van der Waals surface area contributed by atoms with E-state index in [1.54, 1.807) is 12.1 Å². The standard InChI is InChI=1S/C18H18N2O4/c1-12-4-3-5-15(13(12)2)22-10-18(21)20-19-9-14-6-7-16-17(8-14)24-11-23-16/h3-9H,10-11H2,1-2H3,(H,20,21). The Kier molecular flexibility index (Phi) is 4.65. The molecule has 24 heavy (non-hydrogen) atoms. The molecule has 6 nitrogen and oxygen atoms in total. The SMILES string of the molecule is Cc1cccc(OCC(=O)NN=Cc2ccc3c(c2)OCO3)c1C. The average Bonchev–Trinajstić information content (AvgIpc) is 3.04. The van der Waals surface area contributed by atoms with E-state index in [9.17, 15) is 4.79 Å². The van der Waals surface area contributed by atoms with Crippen LogP contribution in [0.15, 0.2) is 41.5 Å². The lowest BCUT2D eigenvalue weighted by molar-refractivity contribution is -0.123. The smallest absolute Gasteiger partial charge is 0.277 e. The highest BCUT2D eigenvalue weighted by molar-refractivity contribution is 5.83. The van der Waals surface area contributed by atoms with Crippen LogP contribution in [0.25, 0.3) is 0 Å². The van der Waals surface area contributed by atoms with Gasteiger partial charge in [0.15, 0.2) is 18.1 Å². The molecule has 0 bridgehead atoms. The molecule has 1 amide bonds. The van der Waals surface area contributed by atoms with E-state index in [4.69, 9.17) is 14.2 Å². The van der Waals surface area contributed by atoms with Gasteiger partial charge >= 0.3 is 0 Å². The Morgan fingerprint density at radius 1 is 1.25 bits per heavy atom. The van der Waals surface area contributed by atoms with Gasteiger partial charge in [-0.3, -0.25) is 4.79 Å². The van der Waals surface area contributed by atoms with E-state index in [0.717, 1.165) is 16.7 Å². The Labute approximate surface area is 140 Å². The average molecular weight is 326 g/mol. The molecule has 124 valence electrons. The van der Waals surface area contributed by atoms with Gasteiger partial charge in [0, 0.05) is 0 Å². The van der Waals surface area contributed by atoms with Crippen molar-refractivity contribution in [3.05, 3.63) is 53.1 Å². The maximum Gasteiger partial charge on any atom is 0.277 e. The number of hydrogen-bond acceptors (Lipinski definition) is 5. The molecule has 0 saturated carbocycles. The fraction of sp³-hybridized carbons (Fsp3) is 0.222. The third kappa shape index (κ3) is 3.65. The van der Waals surface area contributed by atoms with Gasteiger partial charge in [0.2, 0.25) is 6.79 Å². The summed E-state index contributed by atoms with van der Waals surface area (Å²) in [5.41, 5.74) is 5.38. The number of ether oxygens (including phenoxy) is 3. The number of fused-ring (bicyclic) bond motifs is 1. The molecule has 0 fully saturated rings. The van der Waals surface area contributed by atoms with Crippen molar-refractivity contribution in [2.45, 2.75) is 13.8 Å². The van der Waals surface area contributed by atoms with Crippen molar-refractivity contribution in [2.75, 3.05) is 13.4 Å². The van der Waals surface area contributed by atoms with E-state index >= 15 is 0 Å². The summed E-state index contributed by atoms with van der Waals surface area (Å²) in [7, 11) is 0. The van der Waals surface area contributed by atoms with E-state index in [-0.39, 0.29) is 19.3 Å². The summed E-state index contributed by atoms with van der Waals surface area (Å²) in [6.45, 7) is 4.09. The van der Waals surface area contributed by atoms with Gasteiger partial charge in [-0.2, -0.15) is 5.10 Å². The van der Waals surface area contributed by atoms with Crippen LogP contribution in [0.3, 0.4) is 0 Å². The normalized spacial score (nSPS) is 12.4. The molecule has 1 aliphatic heterocycles. The highest BCUT2D eigenvalue weighted by Crippen LogP contribution is 2.31. The first-order valence-corrected chi connectivity index (χ1v) is 7.54. The van der Waals surface area contributed by atoms with Crippen LogP contribution in [0.2, 0.25) is 0 Å². The maximum atomic E-state index is 11.8. The van der Waals surface area contributed by atoms with Gasteiger partial charge in [-0.25, -0.2) is 5.43 Å². The highest BCUT2D eigenvalue weighted by atomic mass is 16.7. The quantitative estimate of drug-likeness (QED) is 0.677. The second-order valence-corrected chi connectivity index (χ2v) is 5.39. The zero-order valence-corrected chi connectivity index (χ0v) is 13.5. The zero-order chi connectivity index (χ0) is 16.9. The summed E-state index contributed by atoms with van der Waals surface area (Å²) in [6.07, 6.45) is 1.54. The molecule has 6 heteroatoms. The van der Waals surface area contributed by atoms with Crippen LogP contribution in [-0.2, 0) is 4.79 Å². The van der Waals surface area contributed by atoms with Crippen LogP contribution in [0, 0.1) is 13.8 Å². The van der Waals surface area contributed by atoms with E-state index < -0.39 is 0 Å². The molecule has 1 heterocycles. The van der Waals surface area contributed by atoms with Gasteiger partial charge < -0.3 is 14.2 Å². The lowest BCUT2D eigenvalue weighted by Crippen LogP contribution is -2.24. The zero-order valence-electron chi connectivity index (χ0n) is 13.5. The number of aryl methyl sites for hydroxylation is 1. The predicted octanol–water partition coefficient (Wildman–Crippen LogP) is 2.56. The predicted molar refractivity (Wildman–Crippen MR) is 89.7 cm³/mol. The molecule has 1 aliphatic rings. The van der Waals surface area contributed by atoms with Crippen LogP contribution in [0.1, 0.15) is 16.7 Å². The van der Waals surface area contributed by atoms with Crippen molar-refractivity contribution < 1.29 is 19.0 Å². The molecule has 0 radical (unpaired) electrons. The van der Waals surface area contributed by atoms with E-state index in [2.05, 4.69) is 10.5 Å². The summed E-state index contributed by atoms with van der Waals surface area (Å²) in [5.74, 6) is 1.75. The van der Waals surface area contributed by atoms with Gasteiger partial charge in [0.25, 0.3) is 5.91 Å². The van der Waals surface area contributed by atoms with Crippen LogP contribution in [0.5, 0.6) is 17.2 Å². The van der Waals surface area contributed by atoms with E-state index in [1.165, 1.54) is 6.21 Å². The minimum atomic E-state index is -0.326. The van der Waals surface area contributed by atoms with Crippen molar-refractivity contribution in [3.63, 3.8) is 0 Å². The number of amides is 1. The maximum absolute atomic E-state index is 11.8. The fourth-order valence-corrected chi connectivity index (χ4v) is 2.23. The van der Waals surface area contributed by atoms with Gasteiger partial charge in [0.1, 0.15) is 5.75 Å². The van der Waals surface area contributed by atoms with Crippen molar-refractivity contribution >= 4 is 12.1 Å². The first-order valence-electron chi connectivity index (χ1n) is 7.54. The van der Waals surface area contributed by atoms with Crippen LogP contribution >= 0.6 is 0 Å². The van der Waals surface area contributed by atoms with Crippen molar-refractivity contribution in [2.24, 2.45) is 5.10 Å². The Hall–Kier alpha value is -3.02. The summed E-state index contributed by atoms with van der Waals surface area (Å²) < 4.78 is 16.0. The second kappa shape index (κ2) is 7.04. The van der Waals surface area contributed by atoms with Crippen molar-refractivity contribution in [3.8, 4) is 17.2 Å². The Balaban J connectivity index is 1.51. The minimum Gasteiger partial charge on any atom is -0.483 e. The lowest BCUT2D eigenvalue weighted by Gasteiger charge is -2.09. The molecular formula is C18H18N2O4. The molecule has 0 aliphatic carbocycles. The molecular weight excluding hydrogens is 308 g/mol. The number of nitrogens with zero attached hydrogens (tertiary/aromatic N) is 1. The summed E-state index contributed by atoms with van der Waals surface area (Å²) >= 11 is 0. The topological polar surface area (TPSA) is 69.2 Å². The van der Waals surface area contributed by atoms with Crippen molar-refractivity contribution in [1.29, 1.82) is 0 Å². The number of carbonyl (C=O) groups excluding carboxylic acids is 1. The van der Waals surface area contributed by atoms with Crippen molar-refractivity contribution in [1.82, 2.24) is 5.43 Å². The minimum absolute atomic E-state index is 0.0945. The van der Waals surface area contributed by atoms with E-state index in [0.29, 0.717) is 17.2 Å². The molecule has 0 aromatic heterocycles. The lowest BCUT2D eigenvalue weighted by atomic mass is 10.1. The third-order valence-corrected chi connectivity index (χ3v) is 3.71. The fourth-order valence-electron chi connectivity index (χ4n) is 2.23. The molecule has 3 rings (SSSR count).